The summed E-state index contributed by atoms with van der Waals surface area (Å²) in [4.78, 5) is 4.00. The van der Waals surface area contributed by atoms with Gasteiger partial charge in [0.2, 0.25) is 0 Å². The molecule has 41 heavy (non-hydrogen) atoms. The zero-order chi connectivity index (χ0) is 28.1. The third-order valence-corrected chi connectivity index (χ3v) is 10.1. The minimum atomic E-state index is 0.204. The van der Waals surface area contributed by atoms with Crippen LogP contribution in [0.25, 0.3) is 0 Å². The molecule has 0 bridgehead atoms. The van der Waals surface area contributed by atoms with E-state index in [2.05, 4.69) is 59.5 Å². The highest BCUT2D eigenvalue weighted by molar-refractivity contribution is 7.99. The molecule has 0 radical (unpaired) electrons. The molecule has 2 atom stereocenters. The van der Waals surface area contributed by atoms with E-state index in [0.29, 0.717) is 6.61 Å². The van der Waals surface area contributed by atoms with Crippen molar-refractivity contribution in [3.8, 4) is 11.5 Å². The highest BCUT2D eigenvalue weighted by Crippen LogP contribution is 2.47. The number of hydrogen-bond acceptors (Lipinski definition) is 4. The summed E-state index contributed by atoms with van der Waals surface area (Å²) in [6, 6.07) is 25.5. The number of fused-ring (bicyclic) bond motifs is 1. The van der Waals surface area contributed by atoms with Gasteiger partial charge in [-0.15, -0.1) is 11.8 Å². The number of thioether (sulfide) groups is 1. The number of rotatable bonds is 16. The van der Waals surface area contributed by atoms with Crippen molar-refractivity contribution >= 4 is 11.8 Å². The van der Waals surface area contributed by atoms with Gasteiger partial charge in [0, 0.05) is 28.4 Å². The average Bonchev–Trinajstić information content (AvgIpc) is 3.53. The van der Waals surface area contributed by atoms with Crippen molar-refractivity contribution in [2.24, 2.45) is 0 Å². The fraction of sp³-hybridized carbons (Fsp3) is 0.514. The maximum Gasteiger partial charge on any atom is 0.126 e. The number of aromatic hydroxyl groups is 1. The zero-order valence-electron chi connectivity index (χ0n) is 24.8. The lowest BCUT2D eigenvalue weighted by Crippen LogP contribution is -2.25. The van der Waals surface area contributed by atoms with E-state index in [1.165, 1.54) is 118 Å². The van der Waals surface area contributed by atoms with Crippen LogP contribution in [-0.2, 0) is 0 Å². The van der Waals surface area contributed by atoms with Gasteiger partial charge in [-0.25, -0.2) is 0 Å². The Labute approximate surface area is 252 Å². The standard InChI is InChI=1S/C37H49NO2S/c39-32-20-23-34-36(28-32)40-29-35(30-16-10-9-11-17-30)37(34)31-18-21-33(22-19-31)41-27-15-8-6-4-2-1-3-5-7-12-24-38-25-13-14-26-38/h9-11,16-23,28,35,37,39H,1-8,12-15,24-27,29H2. The number of benzene rings is 3. The molecule has 4 heteroatoms. The Morgan fingerprint density at radius 3 is 2.07 bits per heavy atom. The summed E-state index contributed by atoms with van der Waals surface area (Å²) in [5.41, 5.74) is 3.76. The number of phenols is 1. The molecule has 2 aliphatic rings. The largest absolute Gasteiger partial charge is 0.508 e. The van der Waals surface area contributed by atoms with E-state index in [1.807, 2.05) is 17.8 Å². The van der Waals surface area contributed by atoms with Crippen molar-refractivity contribution in [3.05, 3.63) is 89.5 Å². The van der Waals surface area contributed by atoms with Gasteiger partial charge in [-0.2, -0.15) is 0 Å². The fourth-order valence-electron chi connectivity index (χ4n) is 6.62. The Morgan fingerprint density at radius 2 is 1.37 bits per heavy atom. The molecule has 3 aromatic rings. The van der Waals surface area contributed by atoms with Gasteiger partial charge in [0.25, 0.3) is 0 Å². The van der Waals surface area contributed by atoms with Gasteiger partial charge in [-0.3, -0.25) is 0 Å². The highest BCUT2D eigenvalue weighted by Gasteiger charge is 2.33. The molecule has 1 saturated heterocycles. The lowest BCUT2D eigenvalue weighted by Gasteiger charge is -2.34. The number of phenolic OH excluding ortho intramolecular Hbond substituents is 1. The van der Waals surface area contributed by atoms with Crippen LogP contribution in [0.1, 0.15) is 106 Å². The second kappa shape index (κ2) is 16.3. The van der Waals surface area contributed by atoms with Gasteiger partial charge in [0.1, 0.15) is 11.5 Å². The summed E-state index contributed by atoms with van der Waals surface area (Å²) in [7, 11) is 0. The molecule has 0 aromatic heterocycles. The first kappa shape index (κ1) is 30.0. The predicted octanol–water partition coefficient (Wildman–Crippen LogP) is 9.79. The maximum atomic E-state index is 10.0. The van der Waals surface area contributed by atoms with Crippen LogP contribution in [-0.4, -0.2) is 42.0 Å². The van der Waals surface area contributed by atoms with E-state index in [-0.39, 0.29) is 17.6 Å². The van der Waals surface area contributed by atoms with E-state index in [4.69, 9.17) is 4.74 Å². The van der Waals surface area contributed by atoms with Crippen molar-refractivity contribution in [3.63, 3.8) is 0 Å². The minimum Gasteiger partial charge on any atom is -0.508 e. The molecule has 220 valence electrons. The van der Waals surface area contributed by atoms with E-state index in [9.17, 15) is 5.11 Å². The maximum absolute atomic E-state index is 10.0. The Bertz CT molecular complexity index is 1160. The Hall–Kier alpha value is -2.43. The first-order valence-electron chi connectivity index (χ1n) is 16.2. The van der Waals surface area contributed by atoms with Crippen LogP contribution in [0.2, 0.25) is 0 Å². The van der Waals surface area contributed by atoms with Crippen molar-refractivity contribution in [2.75, 3.05) is 32.0 Å². The number of unbranched alkanes of at least 4 members (excludes halogenated alkanes) is 9. The molecule has 0 amide bonds. The summed E-state index contributed by atoms with van der Waals surface area (Å²) in [5.74, 6) is 2.70. The van der Waals surface area contributed by atoms with Crippen LogP contribution in [0.5, 0.6) is 11.5 Å². The molecule has 0 aliphatic carbocycles. The van der Waals surface area contributed by atoms with Gasteiger partial charge < -0.3 is 14.7 Å². The van der Waals surface area contributed by atoms with Crippen LogP contribution in [0.15, 0.2) is 77.7 Å². The number of nitrogens with zero attached hydrogens (tertiary/aromatic N) is 1. The summed E-state index contributed by atoms with van der Waals surface area (Å²) in [6.45, 7) is 4.65. The van der Waals surface area contributed by atoms with Crippen LogP contribution in [0.4, 0.5) is 0 Å². The molecule has 2 aliphatic heterocycles. The third-order valence-electron chi connectivity index (χ3n) is 8.96. The predicted molar refractivity (Wildman–Crippen MR) is 174 cm³/mol. The summed E-state index contributed by atoms with van der Waals surface area (Å²) < 4.78 is 6.12. The first-order valence-corrected chi connectivity index (χ1v) is 17.2. The van der Waals surface area contributed by atoms with Gasteiger partial charge >= 0.3 is 0 Å². The fourth-order valence-corrected chi connectivity index (χ4v) is 7.53. The summed E-state index contributed by atoms with van der Waals surface area (Å²) in [6.07, 6.45) is 16.8. The lowest BCUT2D eigenvalue weighted by molar-refractivity contribution is 0.248. The van der Waals surface area contributed by atoms with Crippen LogP contribution < -0.4 is 4.74 Å². The van der Waals surface area contributed by atoms with Crippen LogP contribution in [0, 0.1) is 0 Å². The SMILES string of the molecule is Oc1ccc2c(c1)OCC(c1ccccc1)C2c1ccc(SCCCCCCCCCCCCN2CCCC2)cc1. The molecule has 1 fully saturated rings. The number of ether oxygens (including phenoxy) is 1. The molecule has 1 N–H and O–H groups in total. The minimum absolute atomic E-state index is 0.204. The summed E-state index contributed by atoms with van der Waals surface area (Å²) in [5, 5.41) is 10.0. The molecular formula is C37H49NO2S. The highest BCUT2D eigenvalue weighted by atomic mass is 32.2. The molecule has 0 saturated carbocycles. The molecule has 2 heterocycles. The van der Waals surface area contributed by atoms with Crippen molar-refractivity contribution in [1.29, 1.82) is 0 Å². The zero-order valence-corrected chi connectivity index (χ0v) is 25.6. The van der Waals surface area contributed by atoms with E-state index in [0.717, 1.165) is 11.3 Å². The third kappa shape index (κ3) is 9.03. The monoisotopic (exact) mass is 571 g/mol. The van der Waals surface area contributed by atoms with Gasteiger partial charge in [-0.1, -0.05) is 99.9 Å². The van der Waals surface area contributed by atoms with Gasteiger partial charge in [0.05, 0.1) is 6.61 Å². The van der Waals surface area contributed by atoms with Crippen LogP contribution in [0.3, 0.4) is 0 Å². The molecule has 3 nitrogen and oxygen atoms in total. The van der Waals surface area contributed by atoms with Crippen molar-refractivity contribution < 1.29 is 9.84 Å². The quantitative estimate of drug-likeness (QED) is 0.137. The molecule has 5 rings (SSSR count). The van der Waals surface area contributed by atoms with E-state index in [1.54, 1.807) is 12.1 Å². The van der Waals surface area contributed by atoms with Gasteiger partial charge in [0.15, 0.2) is 0 Å². The smallest absolute Gasteiger partial charge is 0.126 e. The first-order chi connectivity index (χ1) is 20.3. The molecule has 0 spiro atoms. The summed E-state index contributed by atoms with van der Waals surface area (Å²) >= 11 is 1.99. The average molecular weight is 572 g/mol. The Balaban J connectivity index is 1.00. The normalized spacial score (nSPS) is 18.7. The second-order valence-electron chi connectivity index (χ2n) is 12.0. The van der Waals surface area contributed by atoms with Crippen molar-refractivity contribution in [1.82, 2.24) is 4.90 Å². The van der Waals surface area contributed by atoms with E-state index >= 15 is 0 Å². The number of hydrogen-bond donors (Lipinski definition) is 1. The second-order valence-corrected chi connectivity index (χ2v) is 13.2. The molecular weight excluding hydrogens is 522 g/mol. The van der Waals surface area contributed by atoms with Gasteiger partial charge in [-0.05, 0) is 80.4 Å². The molecule has 2 unspecified atom stereocenters. The topological polar surface area (TPSA) is 32.7 Å². The molecule has 3 aromatic carbocycles. The van der Waals surface area contributed by atoms with E-state index < -0.39 is 0 Å². The Morgan fingerprint density at radius 1 is 0.707 bits per heavy atom. The number of likely N-dealkylation sites (tertiary alicyclic amines) is 1. The van der Waals surface area contributed by atoms with Crippen LogP contribution >= 0.6 is 11.8 Å². The Kier molecular flexibility index (Phi) is 11.9. The van der Waals surface area contributed by atoms with Crippen molar-refractivity contribution in [2.45, 2.75) is 93.8 Å². The lowest BCUT2D eigenvalue weighted by atomic mass is 9.76.